The summed E-state index contributed by atoms with van der Waals surface area (Å²) in [6, 6.07) is 6.34. The Morgan fingerprint density at radius 1 is 1.33 bits per heavy atom. The third kappa shape index (κ3) is 3.24. The van der Waals surface area contributed by atoms with Crippen molar-refractivity contribution in [2.24, 2.45) is 5.92 Å². The van der Waals surface area contributed by atoms with Crippen molar-refractivity contribution in [3.63, 3.8) is 0 Å². The Labute approximate surface area is 124 Å². The van der Waals surface area contributed by atoms with Crippen LogP contribution in [0.2, 0.25) is 0 Å². The summed E-state index contributed by atoms with van der Waals surface area (Å²) in [4.78, 5) is 14.4. The van der Waals surface area contributed by atoms with Gasteiger partial charge in [0.15, 0.2) is 0 Å². The molecule has 114 valence electrons. The maximum absolute atomic E-state index is 13.0. The lowest BCUT2D eigenvalue weighted by atomic mass is 10.0. The standard InChI is InChI=1S/C16H21FN2O2/c1-11-9-19(16(20)13-6-7-18-8-13)10-15(21-11)12-2-4-14(17)5-3-12/h2-5,11,13,15,18H,6-10H2,1H3. The number of halogens is 1. The zero-order chi connectivity index (χ0) is 14.8. The lowest BCUT2D eigenvalue weighted by molar-refractivity contribution is -0.148. The number of amides is 1. The molecule has 2 heterocycles. The Kier molecular flexibility index (Phi) is 4.22. The fraction of sp³-hybridized carbons (Fsp3) is 0.562. The molecule has 2 saturated heterocycles. The smallest absolute Gasteiger partial charge is 0.227 e. The van der Waals surface area contributed by atoms with Crippen molar-refractivity contribution in [1.29, 1.82) is 0 Å². The molecule has 0 bridgehead atoms. The van der Waals surface area contributed by atoms with E-state index < -0.39 is 0 Å². The third-order valence-corrected chi connectivity index (χ3v) is 4.22. The second-order valence-corrected chi connectivity index (χ2v) is 5.92. The van der Waals surface area contributed by atoms with Gasteiger partial charge in [-0.2, -0.15) is 0 Å². The summed E-state index contributed by atoms with van der Waals surface area (Å²) >= 11 is 0. The van der Waals surface area contributed by atoms with Gasteiger partial charge >= 0.3 is 0 Å². The van der Waals surface area contributed by atoms with Crippen LogP contribution >= 0.6 is 0 Å². The molecule has 21 heavy (non-hydrogen) atoms. The highest BCUT2D eigenvalue weighted by Gasteiger charge is 2.33. The molecule has 1 aromatic rings. The van der Waals surface area contributed by atoms with Crippen molar-refractivity contribution in [2.45, 2.75) is 25.6 Å². The lowest BCUT2D eigenvalue weighted by Gasteiger charge is -2.38. The minimum absolute atomic E-state index is 0.00730. The number of carbonyl (C=O) groups is 1. The van der Waals surface area contributed by atoms with E-state index in [0.717, 1.165) is 25.1 Å². The molecule has 3 rings (SSSR count). The van der Waals surface area contributed by atoms with Gasteiger partial charge in [0.1, 0.15) is 11.9 Å². The molecule has 1 amide bonds. The Hall–Kier alpha value is -1.46. The highest BCUT2D eigenvalue weighted by molar-refractivity contribution is 5.79. The number of benzene rings is 1. The molecule has 3 unspecified atom stereocenters. The number of nitrogens with one attached hydrogen (secondary N) is 1. The Balaban J connectivity index is 1.71. The lowest BCUT2D eigenvalue weighted by Crippen LogP contribution is -2.48. The van der Waals surface area contributed by atoms with Gasteiger partial charge in [-0.3, -0.25) is 4.79 Å². The van der Waals surface area contributed by atoms with E-state index in [1.807, 2.05) is 11.8 Å². The molecule has 4 nitrogen and oxygen atoms in total. The molecule has 5 heteroatoms. The maximum atomic E-state index is 13.0. The van der Waals surface area contributed by atoms with E-state index in [2.05, 4.69) is 5.32 Å². The first-order chi connectivity index (χ1) is 10.1. The minimum atomic E-state index is -0.257. The molecule has 2 aliphatic heterocycles. The van der Waals surface area contributed by atoms with Crippen LogP contribution in [0.25, 0.3) is 0 Å². The van der Waals surface area contributed by atoms with Crippen LogP contribution in [-0.2, 0) is 9.53 Å². The number of hydrogen-bond acceptors (Lipinski definition) is 3. The van der Waals surface area contributed by atoms with Crippen molar-refractivity contribution in [3.05, 3.63) is 35.6 Å². The van der Waals surface area contributed by atoms with Crippen molar-refractivity contribution in [2.75, 3.05) is 26.2 Å². The van der Waals surface area contributed by atoms with Gasteiger partial charge in [-0.25, -0.2) is 4.39 Å². The van der Waals surface area contributed by atoms with E-state index in [9.17, 15) is 9.18 Å². The molecule has 3 atom stereocenters. The second-order valence-electron chi connectivity index (χ2n) is 5.92. The van der Waals surface area contributed by atoms with Crippen molar-refractivity contribution in [3.8, 4) is 0 Å². The number of ether oxygens (including phenoxy) is 1. The molecular weight excluding hydrogens is 271 g/mol. The van der Waals surface area contributed by atoms with Crippen LogP contribution in [0.15, 0.2) is 24.3 Å². The molecule has 0 saturated carbocycles. The van der Waals surface area contributed by atoms with Gasteiger partial charge in [0, 0.05) is 13.1 Å². The molecule has 2 fully saturated rings. The third-order valence-electron chi connectivity index (χ3n) is 4.22. The summed E-state index contributed by atoms with van der Waals surface area (Å²) in [6.07, 6.45) is 0.728. The number of nitrogens with zero attached hydrogens (tertiary/aromatic N) is 1. The van der Waals surface area contributed by atoms with E-state index in [1.165, 1.54) is 12.1 Å². The Morgan fingerprint density at radius 3 is 2.76 bits per heavy atom. The molecule has 2 aliphatic rings. The van der Waals surface area contributed by atoms with Crippen LogP contribution < -0.4 is 5.32 Å². The number of hydrogen-bond donors (Lipinski definition) is 1. The summed E-state index contributed by atoms with van der Waals surface area (Å²) in [5.74, 6) is 0.0407. The van der Waals surface area contributed by atoms with Crippen molar-refractivity contribution < 1.29 is 13.9 Å². The first-order valence-electron chi connectivity index (χ1n) is 7.54. The van der Waals surface area contributed by atoms with Crippen LogP contribution in [0.3, 0.4) is 0 Å². The van der Waals surface area contributed by atoms with Gasteiger partial charge in [-0.05, 0) is 37.6 Å². The number of carbonyl (C=O) groups excluding carboxylic acids is 1. The SMILES string of the molecule is CC1CN(C(=O)C2CCNC2)CC(c2ccc(F)cc2)O1. The largest absolute Gasteiger partial charge is 0.367 e. The highest BCUT2D eigenvalue weighted by Crippen LogP contribution is 2.27. The second kappa shape index (κ2) is 6.12. The fourth-order valence-corrected chi connectivity index (χ4v) is 3.12. The summed E-state index contributed by atoms with van der Waals surface area (Å²) in [7, 11) is 0. The molecule has 0 aromatic heterocycles. The van der Waals surface area contributed by atoms with Gasteiger partial charge in [0.2, 0.25) is 5.91 Å². The number of morpholine rings is 1. The zero-order valence-electron chi connectivity index (χ0n) is 12.2. The average molecular weight is 292 g/mol. The molecule has 0 radical (unpaired) electrons. The summed E-state index contributed by atoms with van der Waals surface area (Å²) in [5.41, 5.74) is 0.922. The Bertz CT molecular complexity index is 500. The van der Waals surface area contributed by atoms with E-state index in [1.54, 1.807) is 12.1 Å². The molecule has 1 N–H and O–H groups in total. The molecular formula is C16H21FN2O2. The van der Waals surface area contributed by atoms with Crippen LogP contribution in [0.5, 0.6) is 0 Å². The topological polar surface area (TPSA) is 41.6 Å². The van der Waals surface area contributed by atoms with Crippen LogP contribution in [0.1, 0.15) is 25.0 Å². The van der Waals surface area contributed by atoms with E-state index in [0.29, 0.717) is 13.1 Å². The van der Waals surface area contributed by atoms with Gasteiger partial charge in [0.25, 0.3) is 0 Å². The van der Waals surface area contributed by atoms with Crippen LogP contribution in [0.4, 0.5) is 4.39 Å². The predicted octanol–water partition coefficient (Wildman–Crippen LogP) is 1.72. The summed E-state index contributed by atoms with van der Waals surface area (Å²) < 4.78 is 19.0. The molecule has 0 spiro atoms. The van der Waals surface area contributed by atoms with Gasteiger partial charge in [-0.15, -0.1) is 0 Å². The van der Waals surface area contributed by atoms with E-state index in [4.69, 9.17) is 4.74 Å². The van der Waals surface area contributed by atoms with Crippen molar-refractivity contribution in [1.82, 2.24) is 10.2 Å². The maximum Gasteiger partial charge on any atom is 0.227 e. The quantitative estimate of drug-likeness (QED) is 0.902. The zero-order valence-corrected chi connectivity index (χ0v) is 12.2. The van der Waals surface area contributed by atoms with E-state index in [-0.39, 0.29) is 29.9 Å². The monoisotopic (exact) mass is 292 g/mol. The summed E-state index contributed by atoms with van der Waals surface area (Å²) in [5, 5.41) is 3.23. The fourth-order valence-electron chi connectivity index (χ4n) is 3.12. The van der Waals surface area contributed by atoms with Gasteiger partial charge in [-0.1, -0.05) is 12.1 Å². The van der Waals surface area contributed by atoms with E-state index >= 15 is 0 Å². The Morgan fingerprint density at radius 2 is 2.10 bits per heavy atom. The minimum Gasteiger partial charge on any atom is -0.367 e. The van der Waals surface area contributed by atoms with Crippen molar-refractivity contribution >= 4 is 5.91 Å². The highest BCUT2D eigenvalue weighted by atomic mass is 19.1. The summed E-state index contributed by atoms with van der Waals surface area (Å²) in [6.45, 7) is 4.84. The normalized spacial score (nSPS) is 29.6. The average Bonchev–Trinajstić information content (AvgIpc) is 3.00. The predicted molar refractivity (Wildman–Crippen MR) is 77.2 cm³/mol. The molecule has 1 aromatic carbocycles. The van der Waals surface area contributed by atoms with Gasteiger partial charge < -0.3 is 15.0 Å². The molecule has 0 aliphatic carbocycles. The van der Waals surface area contributed by atoms with Crippen LogP contribution in [0, 0.1) is 11.7 Å². The number of rotatable bonds is 2. The van der Waals surface area contributed by atoms with Crippen LogP contribution in [-0.4, -0.2) is 43.1 Å². The first-order valence-corrected chi connectivity index (χ1v) is 7.54. The van der Waals surface area contributed by atoms with Gasteiger partial charge in [0.05, 0.1) is 18.6 Å². The first kappa shape index (κ1) is 14.5.